The number of hydrogen-bond acceptors (Lipinski definition) is 7. The Morgan fingerprint density at radius 1 is 1.29 bits per heavy atom. The summed E-state index contributed by atoms with van der Waals surface area (Å²) in [5.41, 5.74) is 0.873. The van der Waals surface area contributed by atoms with Crippen LogP contribution < -0.4 is 10.2 Å². The molecule has 1 fully saturated rings. The minimum Gasteiger partial charge on any atom is -0.481 e. The first kappa shape index (κ1) is 28.8. The summed E-state index contributed by atoms with van der Waals surface area (Å²) in [6.45, 7) is 10.4. The minimum atomic E-state index is -4.21. The highest BCUT2D eigenvalue weighted by Crippen LogP contribution is 2.42. The molecule has 12 heteroatoms. The van der Waals surface area contributed by atoms with E-state index in [9.17, 15) is 28.3 Å². The standard InChI is InChI=1S/C23H33N3O7S2/c1-7-8-13-33-16-9-11-18(12-10-16)35(31,32)26-15-17(14-25(21(28)29)22(2,3)4)34-23(5,6)19(26)20(27)24-30/h9-12,17,19,30H,13-15H2,1-6H3,(H,24,27)(H,28,29)/t17-,19+/m1/s1. The predicted molar refractivity (Wildman–Crippen MR) is 133 cm³/mol. The van der Waals surface area contributed by atoms with Crippen molar-refractivity contribution in [1.29, 1.82) is 0 Å². The van der Waals surface area contributed by atoms with Crippen molar-refractivity contribution >= 4 is 33.8 Å². The van der Waals surface area contributed by atoms with Crippen molar-refractivity contribution < 1.29 is 33.1 Å². The maximum absolute atomic E-state index is 13.7. The van der Waals surface area contributed by atoms with E-state index in [2.05, 4.69) is 11.8 Å². The normalized spacial score (nSPS) is 20.3. The molecule has 1 heterocycles. The van der Waals surface area contributed by atoms with E-state index in [0.717, 1.165) is 4.31 Å². The van der Waals surface area contributed by atoms with E-state index in [1.54, 1.807) is 47.0 Å². The zero-order valence-electron chi connectivity index (χ0n) is 20.7. The lowest BCUT2D eigenvalue weighted by Crippen LogP contribution is -2.64. The number of amides is 2. The summed E-state index contributed by atoms with van der Waals surface area (Å²) < 4.78 is 32.9. The first-order valence-electron chi connectivity index (χ1n) is 10.9. The van der Waals surface area contributed by atoms with Gasteiger partial charge in [0.1, 0.15) is 18.4 Å². The molecule has 1 aliphatic rings. The second-order valence-electron chi connectivity index (χ2n) is 9.55. The molecular weight excluding hydrogens is 494 g/mol. The van der Waals surface area contributed by atoms with E-state index in [1.807, 2.05) is 0 Å². The van der Waals surface area contributed by atoms with Gasteiger partial charge in [0, 0.05) is 28.6 Å². The lowest BCUT2D eigenvalue weighted by atomic mass is 10.0. The molecule has 1 aromatic carbocycles. The fraction of sp³-hybridized carbons (Fsp3) is 0.565. The van der Waals surface area contributed by atoms with Crippen molar-refractivity contribution in [3.05, 3.63) is 24.3 Å². The molecule has 0 radical (unpaired) electrons. The van der Waals surface area contributed by atoms with Crippen molar-refractivity contribution in [2.75, 3.05) is 19.7 Å². The Kier molecular flexibility index (Phi) is 9.10. The van der Waals surface area contributed by atoms with Crippen molar-refractivity contribution in [2.24, 2.45) is 0 Å². The Bertz CT molecular complexity index is 1090. The third-order valence-electron chi connectivity index (χ3n) is 5.50. The molecule has 2 amide bonds. The molecule has 0 spiro atoms. The molecule has 1 aliphatic heterocycles. The van der Waals surface area contributed by atoms with Crippen LogP contribution in [0.4, 0.5) is 4.79 Å². The predicted octanol–water partition coefficient (Wildman–Crippen LogP) is 2.63. The molecule has 1 aromatic rings. The lowest BCUT2D eigenvalue weighted by Gasteiger charge is -2.48. The van der Waals surface area contributed by atoms with E-state index in [0.29, 0.717) is 5.75 Å². The number of carbonyl (C=O) groups is 2. The summed E-state index contributed by atoms with van der Waals surface area (Å²) in [5.74, 6) is 5.02. The van der Waals surface area contributed by atoms with Crippen molar-refractivity contribution in [3.63, 3.8) is 0 Å². The summed E-state index contributed by atoms with van der Waals surface area (Å²) in [4.78, 5) is 25.7. The molecule has 194 valence electrons. The van der Waals surface area contributed by atoms with Gasteiger partial charge in [-0.25, -0.2) is 18.7 Å². The molecule has 0 aliphatic carbocycles. The quantitative estimate of drug-likeness (QED) is 0.280. The smallest absolute Gasteiger partial charge is 0.407 e. The van der Waals surface area contributed by atoms with E-state index in [1.165, 1.54) is 40.9 Å². The number of carbonyl (C=O) groups excluding carboxylic acids is 1. The van der Waals surface area contributed by atoms with E-state index in [4.69, 9.17) is 4.74 Å². The summed E-state index contributed by atoms with van der Waals surface area (Å²) in [7, 11) is -4.21. The number of benzene rings is 1. The maximum Gasteiger partial charge on any atom is 0.407 e. The molecule has 0 saturated carbocycles. The Labute approximate surface area is 211 Å². The summed E-state index contributed by atoms with van der Waals surface area (Å²) >= 11 is 1.32. The topological polar surface area (TPSA) is 136 Å². The Balaban J connectivity index is 2.45. The summed E-state index contributed by atoms with van der Waals surface area (Å²) in [6.07, 6.45) is -1.12. The first-order valence-corrected chi connectivity index (χ1v) is 13.2. The van der Waals surface area contributed by atoms with Crippen LogP contribution >= 0.6 is 11.8 Å². The molecule has 10 nitrogen and oxygen atoms in total. The Hall–Kier alpha value is -2.46. The highest BCUT2D eigenvalue weighted by Gasteiger charge is 2.51. The molecule has 0 aromatic heterocycles. The molecule has 0 bridgehead atoms. The van der Waals surface area contributed by atoms with Gasteiger partial charge < -0.3 is 14.7 Å². The van der Waals surface area contributed by atoms with E-state index < -0.39 is 43.6 Å². The van der Waals surface area contributed by atoms with Gasteiger partial charge in [0.15, 0.2) is 0 Å². The number of hydrogen-bond donors (Lipinski definition) is 3. The number of carboxylic acid groups (broad SMARTS) is 1. The molecule has 35 heavy (non-hydrogen) atoms. The van der Waals surface area contributed by atoms with Crippen molar-refractivity contribution in [3.8, 4) is 17.6 Å². The third kappa shape index (κ3) is 6.82. The number of thioether (sulfide) groups is 1. The second-order valence-corrected chi connectivity index (χ2v) is 13.4. The highest BCUT2D eigenvalue weighted by atomic mass is 32.2. The number of hydroxylamine groups is 1. The minimum absolute atomic E-state index is 0.0532. The van der Waals surface area contributed by atoms with E-state index >= 15 is 0 Å². The fourth-order valence-electron chi connectivity index (χ4n) is 3.90. The molecule has 2 atom stereocenters. The fourth-order valence-corrected chi connectivity index (χ4v) is 7.51. The van der Waals surface area contributed by atoms with Crippen LogP contribution in [0, 0.1) is 11.8 Å². The van der Waals surface area contributed by atoms with E-state index in [-0.39, 0.29) is 24.6 Å². The number of rotatable bonds is 7. The van der Waals surface area contributed by atoms with Gasteiger partial charge in [0.05, 0.1) is 4.90 Å². The molecule has 3 N–H and O–H groups in total. The van der Waals surface area contributed by atoms with Crippen LogP contribution in [0.3, 0.4) is 0 Å². The molecule has 2 rings (SSSR count). The lowest BCUT2D eigenvalue weighted by molar-refractivity contribution is -0.134. The third-order valence-corrected chi connectivity index (χ3v) is 8.81. The average molecular weight is 528 g/mol. The van der Waals surface area contributed by atoms with Gasteiger partial charge in [-0.3, -0.25) is 10.0 Å². The molecule has 1 saturated heterocycles. The Morgan fingerprint density at radius 2 is 1.89 bits per heavy atom. The number of ether oxygens (including phenoxy) is 1. The number of sulfonamides is 1. The van der Waals surface area contributed by atoms with Crippen LogP contribution in [0.1, 0.15) is 41.5 Å². The molecular formula is C23H33N3O7S2. The van der Waals surface area contributed by atoms with Gasteiger partial charge in [-0.15, -0.1) is 17.7 Å². The maximum atomic E-state index is 13.7. The van der Waals surface area contributed by atoms with Crippen LogP contribution in [0.25, 0.3) is 0 Å². The van der Waals surface area contributed by atoms with Gasteiger partial charge in [0.2, 0.25) is 10.0 Å². The van der Waals surface area contributed by atoms with Gasteiger partial charge >= 0.3 is 6.09 Å². The second kappa shape index (κ2) is 11.1. The van der Waals surface area contributed by atoms with Crippen LogP contribution in [0.5, 0.6) is 5.75 Å². The first-order chi connectivity index (χ1) is 16.1. The van der Waals surface area contributed by atoms with Crippen LogP contribution in [-0.4, -0.2) is 81.2 Å². The zero-order chi connectivity index (χ0) is 26.6. The number of nitrogens with one attached hydrogen (secondary N) is 1. The van der Waals surface area contributed by atoms with Gasteiger partial charge in [0.25, 0.3) is 5.91 Å². The largest absolute Gasteiger partial charge is 0.481 e. The monoisotopic (exact) mass is 527 g/mol. The van der Waals surface area contributed by atoms with Crippen LogP contribution in [0.2, 0.25) is 0 Å². The summed E-state index contributed by atoms with van der Waals surface area (Å²) in [6, 6.07) is 4.51. The molecule has 0 unspecified atom stereocenters. The van der Waals surface area contributed by atoms with Crippen LogP contribution in [0.15, 0.2) is 29.2 Å². The SMILES string of the molecule is CC#CCOc1ccc(S(=O)(=O)N2C[C@@H](CN(C(=O)O)C(C)(C)C)SC(C)(C)[C@@H]2C(=O)NO)cc1. The zero-order valence-corrected chi connectivity index (χ0v) is 22.4. The van der Waals surface area contributed by atoms with Crippen molar-refractivity contribution in [1.82, 2.24) is 14.7 Å². The van der Waals surface area contributed by atoms with Gasteiger partial charge in [-0.1, -0.05) is 5.92 Å². The summed E-state index contributed by atoms with van der Waals surface area (Å²) in [5, 5.41) is 18.6. The average Bonchev–Trinajstić information content (AvgIpc) is 2.75. The highest BCUT2D eigenvalue weighted by molar-refractivity contribution is 8.01. The van der Waals surface area contributed by atoms with Gasteiger partial charge in [-0.05, 0) is 65.8 Å². The van der Waals surface area contributed by atoms with Gasteiger partial charge in [-0.2, -0.15) is 4.31 Å². The Morgan fingerprint density at radius 3 is 2.37 bits per heavy atom. The van der Waals surface area contributed by atoms with Crippen LogP contribution in [-0.2, 0) is 14.8 Å². The van der Waals surface area contributed by atoms with Crippen molar-refractivity contribution in [2.45, 2.75) is 68.0 Å². The number of nitrogens with zero attached hydrogens (tertiary/aromatic N) is 2.